The van der Waals surface area contributed by atoms with Gasteiger partial charge in [0.25, 0.3) is 5.56 Å². The number of fused-ring (bicyclic) bond motifs is 1. The summed E-state index contributed by atoms with van der Waals surface area (Å²) >= 11 is 8.85. The van der Waals surface area contributed by atoms with Crippen molar-refractivity contribution in [2.45, 2.75) is 23.7 Å². The van der Waals surface area contributed by atoms with Gasteiger partial charge in [-0.05, 0) is 44.0 Å². The second-order valence-corrected chi connectivity index (χ2v) is 9.96. The quantitative estimate of drug-likeness (QED) is 0.354. The van der Waals surface area contributed by atoms with Crippen molar-refractivity contribution in [2.75, 3.05) is 29.9 Å². The predicted octanol–water partition coefficient (Wildman–Crippen LogP) is 4.10. The Morgan fingerprint density at radius 1 is 1.31 bits per heavy atom. The summed E-state index contributed by atoms with van der Waals surface area (Å²) in [7, 11) is 1.67. The van der Waals surface area contributed by atoms with E-state index >= 15 is 0 Å². The Hall–Kier alpha value is -2.40. The Morgan fingerprint density at radius 3 is 2.78 bits per heavy atom. The number of nitrogens with zero attached hydrogens (tertiary/aromatic N) is 4. The van der Waals surface area contributed by atoms with E-state index in [9.17, 15) is 9.59 Å². The zero-order valence-corrected chi connectivity index (χ0v) is 20.7. The number of rotatable bonds is 6. The van der Waals surface area contributed by atoms with Crippen molar-refractivity contribution in [3.63, 3.8) is 0 Å². The fourth-order valence-corrected chi connectivity index (χ4v) is 4.29. The predicted molar refractivity (Wildman–Crippen MR) is 135 cm³/mol. The molecule has 10 heteroatoms. The number of aryl methyl sites for hydroxylation is 1. The van der Waals surface area contributed by atoms with Gasteiger partial charge in [-0.2, -0.15) is 4.98 Å². The minimum atomic E-state index is -0.293. The number of halogens is 2. The number of ketones is 1. The fraction of sp³-hybridized carbons (Fsp3) is 0.364. The number of aromatic nitrogens is 3. The molecule has 0 amide bonds. The Morgan fingerprint density at radius 2 is 2.06 bits per heavy atom. The highest BCUT2D eigenvalue weighted by Gasteiger charge is 2.20. The van der Waals surface area contributed by atoms with Crippen molar-refractivity contribution < 1.29 is 9.53 Å². The maximum Gasteiger partial charge on any atom is 0.293 e. The summed E-state index contributed by atoms with van der Waals surface area (Å²) in [6.45, 7) is 3.10. The fourth-order valence-electron chi connectivity index (χ4n) is 3.60. The third-order valence-corrected chi connectivity index (χ3v) is 6.85. The van der Waals surface area contributed by atoms with Crippen LogP contribution in [0.25, 0.3) is 10.9 Å². The van der Waals surface area contributed by atoms with Gasteiger partial charge in [0.1, 0.15) is 11.6 Å². The third-order valence-electron chi connectivity index (χ3n) is 5.32. The number of nitrogens with one attached hydrogen (secondary N) is 1. The van der Waals surface area contributed by atoms with Crippen LogP contribution in [0.3, 0.4) is 0 Å². The molecule has 3 aromatic rings. The van der Waals surface area contributed by atoms with Crippen LogP contribution in [0, 0.1) is 0 Å². The van der Waals surface area contributed by atoms with Crippen molar-refractivity contribution in [1.82, 2.24) is 14.5 Å². The van der Waals surface area contributed by atoms with E-state index < -0.39 is 0 Å². The van der Waals surface area contributed by atoms with Crippen LogP contribution in [0.1, 0.15) is 19.8 Å². The summed E-state index contributed by atoms with van der Waals surface area (Å²) in [5.41, 5.74) is 1.20. The average molecular weight is 568 g/mol. The van der Waals surface area contributed by atoms with Crippen LogP contribution in [0.4, 0.5) is 17.5 Å². The molecule has 4 rings (SSSR count). The van der Waals surface area contributed by atoms with Gasteiger partial charge in [0.05, 0.1) is 11.7 Å². The third kappa shape index (κ3) is 4.98. The summed E-state index contributed by atoms with van der Waals surface area (Å²) in [6, 6.07) is 7.23. The summed E-state index contributed by atoms with van der Waals surface area (Å²) in [5, 5.41) is 4.47. The molecule has 0 bridgehead atoms. The van der Waals surface area contributed by atoms with Gasteiger partial charge in [-0.15, -0.1) is 0 Å². The van der Waals surface area contributed by atoms with Crippen molar-refractivity contribution in [3.8, 4) is 5.75 Å². The minimum Gasteiger partial charge on any atom is -0.480 e. The molecule has 1 aliphatic heterocycles. The number of hydrogen-bond donors (Lipinski definition) is 1. The van der Waals surface area contributed by atoms with Crippen molar-refractivity contribution in [1.29, 1.82) is 0 Å². The Bertz CT molecular complexity index is 1220. The van der Waals surface area contributed by atoms with Crippen molar-refractivity contribution in [2.24, 2.45) is 7.05 Å². The summed E-state index contributed by atoms with van der Waals surface area (Å²) in [4.78, 5) is 35.0. The monoisotopic (exact) mass is 567 g/mol. The lowest BCUT2D eigenvalue weighted by molar-refractivity contribution is -0.118. The van der Waals surface area contributed by atoms with Crippen LogP contribution < -0.4 is 20.5 Å². The summed E-state index contributed by atoms with van der Waals surface area (Å²) < 4.78 is 7.59. The van der Waals surface area contributed by atoms with E-state index in [1.54, 1.807) is 19.3 Å². The van der Waals surface area contributed by atoms with Gasteiger partial charge in [-0.1, -0.05) is 34.2 Å². The van der Waals surface area contributed by atoms with Gasteiger partial charge in [0.2, 0.25) is 5.95 Å². The molecule has 1 N–H and O–H groups in total. The lowest BCUT2D eigenvalue weighted by atomic mass is 10.1. The van der Waals surface area contributed by atoms with Gasteiger partial charge >= 0.3 is 0 Å². The lowest BCUT2D eigenvalue weighted by Crippen LogP contribution is -2.35. The second-order valence-electron chi connectivity index (χ2n) is 7.79. The molecule has 1 aromatic carbocycles. The van der Waals surface area contributed by atoms with Crippen LogP contribution in [0.5, 0.6) is 5.75 Å². The maximum absolute atomic E-state index is 12.5. The van der Waals surface area contributed by atoms with E-state index in [0.717, 1.165) is 42.5 Å². The smallest absolute Gasteiger partial charge is 0.293 e. The zero-order chi connectivity index (χ0) is 22.8. The first-order chi connectivity index (χ1) is 15.3. The van der Waals surface area contributed by atoms with Crippen LogP contribution in [-0.2, 0) is 11.8 Å². The van der Waals surface area contributed by atoms with Gasteiger partial charge in [0, 0.05) is 35.1 Å². The number of benzene rings is 1. The van der Waals surface area contributed by atoms with E-state index in [1.165, 1.54) is 11.5 Å². The highest BCUT2D eigenvalue weighted by Crippen LogP contribution is 2.29. The molecule has 32 heavy (non-hydrogen) atoms. The molecule has 0 atom stereocenters. The largest absolute Gasteiger partial charge is 0.480 e. The average Bonchev–Trinajstić information content (AvgIpc) is 2.77. The molecule has 0 spiro atoms. The van der Waals surface area contributed by atoms with Gasteiger partial charge in [-0.3, -0.25) is 9.59 Å². The maximum atomic E-state index is 12.5. The molecule has 0 aliphatic carbocycles. The Balaban J connectivity index is 1.62. The van der Waals surface area contributed by atoms with Crippen LogP contribution in [-0.4, -0.2) is 43.9 Å². The minimum absolute atomic E-state index is 0.133. The molecule has 0 saturated carbocycles. The second kappa shape index (κ2) is 9.62. The molecular formula is C22H23ClIN5O3. The molecule has 0 unspecified atom stereocenters. The SMILES string of the molecule is CC(=O)COc1cc2cc(Nc3nc(N4CCC(I)CC4)ncc3Cl)ccc2n(C)c1=O. The number of hydrogen-bond acceptors (Lipinski definition) is 7. The number of anilines is 3. The number of carbonyl (C=O) groups excluding carboxylic acids is 1. The van der Waals surface area contributed by atoms with Crippen LogP contribution >= 0.6 is 34.2 Å². The number of piperidine rings is 1. The number of alkyl halides is 1. The van der Waals surface area contributed by atoms with E-state index in [1.807, 2.05) is 18.2 Å². The van der Waals surface area contributed by atoms with Crippen molar-refractivity contribution in [3.05, 3.63) is 45.8 Å². The number of ether oxygens (including phenoxy) is 1. The molecule has 1 aliphatic rings. The number of Topliss-reactive ketones (excluding diaryl/α,β-unsaturated/α-hetero) is 1. The topological polar surface area (TPSA) is 89.3 Å². The molecule has 1 fully saturated rings. The molecule has 0 radical (unpaired) electrons. The molecule has 3 heterocycles. The normalized spacial score (nSPS) is 14.6. The summed E-state index contributed by atoms with van der Waals surface area (Å²) in [6.07, 6.45) is 3.82. The standard InChI is InChI=1S/C22H23ClIN5O3/c1-13(30)12-32-19-10-14-9-16(3-4-18(14)28(2)21(19)31)26-20-17(23)11-25-22(27-20)29-7-5-15(24)6-8-29/h3-4,9-11,15H,5-8,12H2,1-2H3,(H,25,26,27). The first kappa shape index (κ1) is 22.8. The molecule has 8 nitrogen and oxygen atoms in total. The Labute approximate surface area is 204 Å². The summed E-state index contributed by atoms with van der Waals surface area (Å²) in [5.74, 6) is 1.15. The lowest BCUT2D eigenvalue weighted by Gasteiger charge is -2.29. The highest BCUT2D eigenvalue weighted by atomic mass is 127. The molecule has 1 saturated heterocycles. The van der Waals surface area contributed by atoms with Gasteiger partial charge in [0.15, 0.2) is 17.4 Å². The van der Waals surface area contributed by atoms with Crippen molar-refractivity contribution >= 4 is 68.3 Å². The van der Waals surface area contributed by atoms with E-state index in [4.69, 9.17) is 16.3 Å². The van der Waals surface area contributed by atoms with Gasteiger partial charge < -0.3 is 19.5 Å². The molecular weight excluding hydrogens is 545 g/mol. The van der Waals surface area contributed by atoms with E-state index in [-0.39, 0.29) is 23.7 Å². The van der Waals surface area contributed by atoms with E-state index in [2.05, 4.69) is 42.8 Å². The van der Waals surface area contributed by atoms with Crippen LogP contribution in [0.2, 0.25) is 5.02 Å². The zero-order valence-electron chi connectivity index (χ0n) is 17.8. The van der Waals surface area contributed by atoms with E-state index in [0.29, 0.717) is 20.7 Å². The Kier molecular flexibility index (Phi) is 6.85. The number of carbonyl (C=O) groups is 1. The first-order valence-corrected chi connectivity index (χ1v) is 11.9. The number of pyridine rings is 1. The van der Waals surface area contributed by atoms with Gasteiger partial charge in [-0.25, -0.2) is 4.98 Å². The molecule has 168 valence electrons. The molecule has 2 aromatic heterocycles. The first-order valence-electron chi connectivity index (χ1n) is 10.3. The van der Waals surface area contributed by atoms with Crippen LogP contribution in [0.15, 0.2) is 35.3 Å². The highest BCUT2D eigenvalue weighted by molar-refractivity contribution is 14.1.